The minimum absolute atomic E-state index is 0.144. The minimum Gasteiger partial charge on any atom is -0.382 e. The maximum atomic E-state index is 13.2. The van der Waals surface area contributed by atoms with Crippen molar-refractivity contribution in [3.63, 3.8) is 0 Å². The molecule has 0 fully saturated rings. The second-order valence-electron chi connectivity index (χ2n) is 5.01. The van der Waals surface area contributed by atoms with Gasteiger partial charge in [-0.1, -0.05) is 5.21 Å². The van der Waals surface area contributed by atoms with Crippen molar-refractivity contribution in [3.8, 4) is 0 Å². The normalized spacial score (nSPS) is 10.8. The zero-order valence-electron chi connectivity index (χ0n) is 13.4. The molecule has 0 saturated heterocycles. The van der Waals surface area contributed by atoms with E-state index in [4.69, 9.17) is 4.74 Å². The number of rotatable bonds is 8. The van der Waals surface area contributed by atoms with Gasteiger partial charge in [-0.2, -0.15) is 0 Å². The van der Waals surface area contributed by atoms with Crippen LogP contribution in [-0.2, 0) is 11.3 Å². The highest BCUT2D eigenvalue weighted by molar-refractivity contribution is 5.76. The van der Waals surface area contributed by atoms with Gasteiger partial charge in [-0.15, -0.1) is 5.10 Å². The lowest BCUT2D eigenvalue weighted by Crippen LogP contribution is -2.39. The maximum Gasteiger partial charge on any atom is 0.314 e. The van der Waals surface area contributed by atoms with Crippen LogP contribution in [0.2, 0.25) is 0 Å². The number of benzene rings is 1. The molecule has 0 aliphatic heterocycles. The summed E-state index contributed by atoms with van der Waals surface area (Å²) in [4.78, 5) is 23.8. The maximum absolute atomic E-state index is 13.2. The van der Waals surface area contributed by atoms with E-state index in [9.17, 15) is 14.0 Å². The summed E-state index contributed by atoms with van der Waals surface area (Å²) in [6, 6.07) is 3.41. The van der Waals surface area contributed by atoms with E-state index in [1.165, 1.54) is 12.1 Å². The lowest BCUT2D eigenvalue weighted by molar-refractivity contribution is 0.145. The lowest BCUT2D eigenvalue weighted by Gasteiger charge is -2.08. The average molecular weight is 337 g/mol. The number of carbonyl (C=O) groups excluding carboxylic acids is 1. The van der Waals surface area contributed by atoms with Crippen molar-refractivity contribution >= 4 is 16.9 Å². The van der Waals surface area contributed by atoms with Crippen molar-refractivity contribution in [2.24, 2.45) is 0 Å². The van der Waals surface area contributed by atoms with Gasteiger partial charge >= 0.3 is 6.03 Å². The molecular formula is C15H20FN5O3. The van der Waals surface area contributed by atoms with E-state index in [2.05, 4.69) is 20.9 Å². The zero-order chi connectivity index (χ0) is 17.4. The van der Waals surface area contributed by atoms with Crippen LogP contribution in [0.4, 0.5) is 9.18 Å². The fourth-order valence-corrected chi connectivity index (χ4v) is 2.05. The van der Waals surface area contributed by atoms with Crippen molar-refractivity contribution in [2.75, 3.05) is 26.3 Å². The lowest BCUT2D eigenvalue weighted by atomic mass is 10.2. The van der Waals surface area contributed by atoms with Gasteiger partial charge in [0.15, 0.2) is 0 Å². The predicted octanol–water partition coefficient (Wildman–Crippen LogP) is 0.656. The number of nitrogens with one attached hydrogen (secondary N) is 2. The standard InChI is InChI=1S/C15H20FN5O3/c1-2-24-9-3-6-17-15(23)18-7-8-21-14(22)12-10-11(16)4-5-13(12)19-20-21/h4-5,10H,2-3,6-9H2,1H3,(H2,17,18,23). The van der Waals surface area contributed by atoms with Crippen molar-refractivity contribution in [3.05, 3.63) is 34.4 Å². The van der Waals surface area contributed by atoms with Gasteiger partial charge in [-0.05, 0) is 31.5 Å². The molecule has 130 valence electrons. The van der Waals surface area contributed by atoms with Crippen molar-refractivity contribution in [1.82, 2.24) is 25.6 Å². The smallest absolute Gasteiger partial charge is 0.314 e. The number of urea groups is 1. The van der Waals surface area contributed by atoms with E-state index in [-0.39, 0.29) is 24.5 Å². The topological polar surface area (TPSA) is 98.1 Å². The Hall–Kier alpha value is -2.55. The van der Waals surface area contributed by atoms with Crippen LogP contribution in [0.15, 0.2) is 23.0 Å². The molecule has 0 spiro atoms. The molecule has 0 saturated carbocycles. The van der Waals surface area contributed by atoms with Crippen LogP contribution in [0.5, 0.6) is 0 Å². The minimum atomic E-state index is -0.510. The number of fused-ring (bicyclic) bond motifs is 1. The summed E-state index contributed by atoms with van der Waals surface area (Å²) in [7, 11) is 0. The Morgan fingerprint density at radius 3 is 2.92 bits per heavy atom. The number of carbonyl (C=O) groups is 1. The van der Waals surface area contributed by atoms with Crippen LogP contribution in [0.1, 0.15) is 13.3 Å². The van der Waals surface area contributed by atoms with Crippen LogP contribution in [-0.4, -0.2) is 47.3 Å². The quantitative estimate of drug-likeness (QED) is 0.690. The van der Waals surface area contributed by atoms with E-state index in [0.717, 1.165) is 17.2 Å². The number of halogens is 1. The largest absolute Gasteiger partial charge is 0.382 e. The van der Waals surface area contributed by atoms with Gasteiger partial charge in [0.25, 0.3) is 5.56 Å². The predicted molar refractivity (Wildman–Crippen MR) is 86.3 cm³/mol. The van der Waals surface area contributed by atoms with Crippen molar-refractivity contribution in [2.45, 2.75) is 19.9 Å². The van der Waals surface area contributed by atoms with Gasteiger partial charge in [0, 0.05) is 26.3 Å². The van der Waals surface area contributed by atoms with Gasteiger partial charge in [0.2, 0.25) is 0 Å². The second kappa shape index (κ2) is 8.92. The molecule has 9 heteroatoms. The van der Waals surface area contributed by atoms with Crippen LogP contribution < -0.4 is 16.2 Å². The van der Waals surface area contributed by atoms with Crippen LogP contribution in [0.25, 0.3) is 10.9 Å². The molecule has 1 aromatic carbocycles. The first-order chi connectivity index (χ1) is 11.6. The SMILES string of the molecule is CCOCCCNC(=O)NCCn1nnc2ccc(F)cc2c1=O. The van der Waals surface area contributed by atoms with Gasteiger partial charge < -0.3 is 15.4 Å². The summed E-state index contributed by atoms with van der Waals surface area (Å²) in [6.07, 6.45) is 0.725. The molecule has 24 heavy (non-hydrogen) atoms. The van der Waals surface area contributed by atoms with E-state index in [1.54, 1.807) is 0 Å². The molecule has 0 bridgehead atoms. The Morgan fingerprint density at radius 1 is 1.33 bits per heavy atom. The third-order valence-electron chi connectivity index (χ3n) is 3.25. The zero-order valence-corrected chi connectivity index (χ0v) is 13.4. The Morgan fingerprint density at radius 2 is 2.12 bits per heavy atom. The summed E-state index contributed by atoms with van der Waals surface area (Å²) in [5.74, 6) is -0.510. The molecule has 2 N–H and O–H groups in total. The fourth-order valence-electron chi connectivity index (χ4n) is 2.05. The molecule has 0 aliphatic rings. The molecule has 0 unspecified atom stereocenters. The molecule has 1 heterocycles. The molecule has 1 aromatic heterocycles. The molecule has 0 radical (unpaired) electrons. The molecular weight excluding hydrogens is 317 g/mol. The molecule has 8 nitrogen and oxygen atoms in total. The second-order valence-corrected chi connectivity index (χ2v) is 5.01. The Bertz CT molecular complexity index is 749. The summed E-state index contributed by atoms with van der Waals surface area (Å²) in [6.45, 7) is 4.00. The highest BCUT2D eigenvalue weighted by Crippen LogP contribution is 2.07. The number of amides is 2. The highest BCUT2D eigenvalue weighted by Gasteiger charge is 2.07. The molecule has 0 aliphatic carbocycles. The van der Waals surface area contributed by atoms with Gasteiger partial charge in [-0.3, -0.25) is 4.79 Å². The number of ether oxygens (including phenoxy) is 1. The summed E-state index contributed by atoms with van der Waals surface area (Å²) < 4.78 is 19.5. The first kappa shape index (κ1) is 17.8. The van der Waals surface area contributed by atoms with Gasteiger partial charge in [0.05, 0.1) is 11.9 Å². The van der Waals surface area contributed by atoms with Crippen LogP contribution >= 0.6 is 0 Å². The summed E-state index contributed by atoms with van der Waals surface area (Å²) in [5.41, 5.74) is -0.115. The number of nitrogens with zero attached hydrogens (tertiary/aromatic N) is 3. The first-order valence-electron chi connectivity index (χ1n) is 7.74. The van der Waals surface area contributed by atoms with Gasteiger partial charge in [0.1, 0.15) is 11.3 Å². The summed E-state index contributed by atoms with van der Waals surface area (Å²) in [5, 5.41) is 13.1. The third kappa shape index (κ3) is 4.98. The Balaban J connectivity index is 1.82. The van der Waals surface area contributed by atoms with Crippen LogP contribution in [0.3, 0.4) is 0 Å². The van der Waals surface area contributed by atoms with E-state index < -0.39 is 11.4 Å². The number of hydrogen-bond acceptors (Lipinski definition) is 5. The Labute approximate surface area is 138 Å². The third-order valence-corrected chi connectivity index (χ3v) is 3.25. The monoisotopic (exact) mass is 337 g/mol. The van der Waals surface area contributed by atoms with Gasteiger partial charge in [-0.25, -0.2) is 13.9 Å². The van der Waals surface area contributed by atoms with Crippen molar-refractivity contribution in [1.29, 1.82) is 0 Å². The number of hydrogen-bond donors (Lipinski definition) is 2. The molecule has 2 aromatic rings. The van der Waals surface area contributed by atoms with E-state index >= 15 is 0 Å². The van der Waals surface area contributed by atoms with Crippen LogP contribution in [0, 0.1) is 5.82 Å². The molecule has 2 rings (SSSR count). The van der Waals surface area contributed by atoms with E-state index in [0.29, 0.717) is 25.3 Å². The summed E-state index contributed by atoms with van der Waals surface area (Å²) >= 11 is 0. The molecule has 2 amide bonds. The van der Waals surface area contributed by atoms with Crippen molar-refractivity contribution < 1.29 is 13.9 Å². The first-order valence-corrected chi connectivity index (χ1v) is 7.74. The molecule has 0 atom stereocenters. The number of aromatic nitrogens is 3. The highest BCUT2D eigenvalue weighted by atomic mass is 19.1. The Kier molecular flexibility index (Phi) is 6.62. The average Bonchev–Trinajstić information content (AvgIpc) is 2.57. The van der Waals surface area contributed by atoms with E-state index in [1.807, 2.05) is 6.92 Å². The fraction of sp³-hybridized carbons (Fsp3) is 0.467.